The van der Waals surface area contributed by atoms with E-state index in [1.807, 2.05) is 39.1 Å². The van der Waals surface area contributed by atoms with E-state index in [1.54, 1.807) is 12.1 Å². The molecule has 0 fully saturated rings. The summed E-state index contributed by atoms with van der Waals surface area (Å²) >= 11 is 0. The van der Waals surface area contributed by atoms with Crippen LogP contribution in [0.15, 0.2) is 35.2 Å². The van der Waals surface area contributed by atoms with Gasteiger partial charge in [0.1, 0.15) is 10.6 Å². The number of benzene rings is 2. The van der Waals surface area contributed by atoms with E-state index in [0.29, 0.717) is 11.4 Å². The number of ether oxygens (including phenoxy) is 1. The first-order chi connectivity index (χ1) is 11.3. The van der Waals surface area contributed by atoms with Gasteiger partial charge in [-0.05, 0) is 61.2 Å². The van der Waals surface area contributed by atoms with E-state index in [1.165, 1.54) is 12.7 Å². The molecule has 2 aromatic carbocycles. The summed E-state index contributed by atoms with van der Waals surface area (Å²) < 4.78 is 33.6. The van der Waals surface area contributed by atoms with Gasteiger partial charge in [-0.25, -0.2) is 8.42 Å². The third kappa shape index (κ3) is 2.94. The average molecular weight is 346 g/mol. The molecule has 2 aromatic rings. The number of nitrogens with zero attached hydrogens (tertiary/aromatic N) is 1. The number of nitrogens with one attached hydrogen (secondary N) is 1. The van der Waals surface area contributed by atoms with E-state index in [4.69, 9.17) is 4.74 Å². The molecule has 3 rings (SSSR count). The molecule has 0 unspecified atom stereocenters. The van der Waals surface area contributed by atoms with Crippen LogP contribution in [0.3, 0.4) is 0 Å². The van der Waals surface area contributed by atoms with Gasteiger partial charge in [0.2, 0.25) is 0 Å². The predicted octanol–water partition coefficient (Wildman–Crippen LogP) is 3.11. The van der Waals surface area contributed by atoms with Crippen LogP contribution >= 0.6 is 0 Å². The molecule has 24 heavy (non-hydrogen) atoms. The number of sulfonamides is 1. The molecule has 0 radical (unpaired) electrons. The fourth-order valence-corrected chi connectivity index (χ4v) is 4.23. The van der Waals surface area contributed by atoms with Gasteiger partial charge in [-0.1, -0.05) is 6.07 Å². The van der Waals surface area contributed by atoms with Gasteiger partial charge < -0.3 is 9.64 Å². The predicted molar refractivity (Wildman–Crippen MR) is 96.7 cm³/mol. The first kappa shape index (κ1) is 16.6. The molecule has 1 heterocycles. The summed E-state index contributed by atoms with van der Waals surface area (Å²) in [6, 6.07) is 9.07. The molecule has 0 bridgehead atoms. The van der Waals surface area contributed by atoms with E-state index in [2.05, 4.69) is 9.62 Å². The molecule has 1 aliphatic rings. The highest BCUT2D eigenvalue weighted by Crippen LogP contribution is 2.32. The Morgan fingerprint density at radius 2 is 1.83 bits per heavy atom. The lowest BCUT2D eigenvalue weighted by molar-refractivity contribution is 0.402. The Morgan fingerprint density at radius 1 is 1.12 bits per heavy atom. The summed E-state index contributed by atoms with van der Waals surface area (Å²) in [7, 11) is -0.234. The van der Waals surface area contributed by atoms with Crippen LogP contribution in [-0.2, 0) is 16.4 Å². The van der Waals surface area contributed by atoms with E-state index >= 15 is 0 Å². The van der Waals surface area contributed by atoms with Crippen LogP contribution in [0.4, 0.5) is 11.4 Å². The normalized spacial score (nSPS) is 13.8. The van der Waals surface area contributed by atoms with Crippen molar-refractivity contribution in [2.45, 2.75) is 25.2 Å². The van der Waals surface area contributed by atoms with Crippen molar-refractivity contribution in [1.29, 1.82) is 0 Å². The van der Waals surface area contributed by atoms with Crippen molar-refractivity contribution in [3.05, 3.63) is 47.0 Å². The molecular weight excluding hydrogens is 324 g/mol. The van der Waals surface area contributed by atoms with Crippen LogP contribution in [0.5, 0.6) is 5.75 Å². The fraction of sp³-hybridized carbons (Fsp3) is 0.333. The number of hydrogen-bond acceptors (Lipinski definition) is 4. The maximum Gasteiger partial charge on any atom is 0.265 e. The Bertz CT molecular complexity index is 891. The van der Waals surface area contributed by atoms with E-state index in [0.717, 1.165) is 29.8 Å². The van der Waals surface area contributed by atoms with Crippen molar-refractivity contribution in [3.8, 4) is 5.75 Å². The Hall–Kier alpha value is -2.21. The van der Waals surface area contributed by atoms with Crippen LogP contribution < -0.4 is 14.4 Å². The highest BCUT2D eigenvalue weighted by Gasteiger charge is 2.22. The smallest absolute Gasteiger partial charge is 0.265 e. The van der Waals surface area contributed by atoms with Gasteiger partial charge in [-0.2, -0.15) is 0 Å². The second-order valence-electron chi connectivity index (χ2n) is 6.21. The number of anilines is 2. The quantitative estimate of drug-likeness (QED) is 0.924. The number of hydrogen-bond donors (Lipinski definition) is 1. The lowest BCUT2D eigenvalue weighted by Gasteiger charge is -2.16. The van der Waals surface area contributed by atoms with Crippen molar-refractivity contribution in [1.82, 2.24) is 0 Å². The SMILES string of the molecule is COc1cc(C)c(C)cc1S(=O)(=O)Nc1ccc2c(c1)N(C)CC2. The molecule has 0 atom stereocenters. The molecule has 128 valence electrons. The van der Waals surface area contributed by atoms with Crippen LogP contribution in [-0.4, -0.2) is 29.1 Å². The zero-order chi connectivity index (χ0) is 17.5. The second-order valence-corrected chi connectivity index (χ2v) is 7.86. The Balaban J connectivity index is 1.98. The highest BCUT2D eigenvalue weighted by molar-refractivity contribution is 7.92. The van der Waals surface area contributed by atoms with Gasteiger partial charge in [0.15, 0.2) is 0 Å². The fourth-order valence-electron chi connectivity index (χ4n) is 2.95. The third-order valence-corrected chi connectivity index (χ3v) is 5.94. The molecule has 6 heteroatoms. The molecule has 0 aromatic heterocycles. The van der Waals surface area contributed by atoms with Crippen molar-refractivity contribution < 1.29 is 13.2 Å². The molecule has 1 N–H and O–H groups in total. The maximum absolute atomic E-state index is 12.8. The molecular formula is C18H22N2O3S. The summed E-state index contributed by atoms with van der Waals surface area (Å²) in [4.78, 5) is 2.28. The number of methoxy groups -OCH3 is 1. The largest absolute Gasteiger partial charge is 0.495 e. The Morgan fingerprint density at radius 3 is 2.54 bits per heavy atom. The van der Waals surface area contributed by atoms with Gasteiger partial charge in [0.05, 0.1) is 12.8 Å². The first-order valence-corrected chi connectivity index (χ1v) is 9.32. The molecule has 0 aliphatic carbocycles. The molecule has 0 amide bonds. The second kappa shape index (κ2) is 6.02. The number of likely N-dealkylation sites (N-methyl/N-ethyl adjacent to an activating group) is 1. The Labute approximate surface area is 143 Å². The summed E-state index contributed by atoms with van der Waals surface area (Å²) in [5.74, 6) is 0.351. The minimum atomic E-state index is -3.72. The van der Waals surface area contributed by atoms with Gasteiger partial charge in [-0.15, -0.1) is 0 Å². The average Bonchev–Trinajstić information content (AvgIpc) is 2.90. The first-order valence-electron chi connectivity index (χ1n) is 7.84. The van der Waals surface area contributed by atoms with Crippen molar-refractivity contribution in [2.24, 2.45) is 0 Å². The van der Waals surface area contributed by atoms with Gasteiger partial charge in [-0.3, -0.25) is 4.72 Å². The molecule has 5 nitrogen and oxygen atoms in total. The minimum absolute atomic E-state index is 0.155. The zero-order valence-corrected chi connectivity index (χ0v) is 15.2. The third-order valence-electron chi connectivity index (χ3n) is 4.53. The summed E-state index contributed by atoms with van der Waals surface area (Å²) in [5.41, 5.74) is 4.77. The van der Waals surface area contributed by atoms with Crippen LogP contribution in [0.25, 0.3) is 0 Å². The van der Waals surface area contributed by atoms with Gasteiger partial charge >= 0.3 is 0 Å². The van der Waals surface area contributed by atoms with Crippen molar-refractivity contribution >= 4 is 21.4 Å². The standard InChI is InChI=1S/C18H22N2O3S/c1-12-9-17(23-4)18(10-13(12)2)24(21,22)19-15-6-5-14-7-8-20(3)16(14)11-15/h5-6,9-11,19H,7-8H2,1-4H3. The number of fused-ring (bicyclic) bond motifs is 1. The van der Waals surface area contributed by atoms with Crippen molar-refractivity contribution in [3.63, 3.8) is 0 Å². The van der Waals surface area contributed by atoms with E-state index in [9.17, 15) is 8.42 Å². The minimum Gasteiger partial charge on any atom is -0.495 e. The van der Waals surface area contributed by atoms with Gasteiger partial charge in [0, 0.05) is 19.3 Å². The summed E-state index contributed by atoms with van der Waals surface area (Å²) in [6.45, 7) is 4.77. The monoisotopic (exact) mass is 346 g/mol. The zero-order valence-electron chi connectivity index (χ0n) is 14.4. The number of aryl methyl sites for hydroxylation is 2. The molecule has 0 spiro atoms. The summed E-state index contributed by atoms with van der Waals surface area (Å²) in [5, 5.41) is 0. The Kier molecular flexibility index (Phi) is 4.17. The molecule has 0 saturated heterocycles. The maximum atomic E-state index is 12.8. The van der Waals surface area contributed by atoms with Gasteiger partial charge in [0.25, 0.3) is 10.0 Å². The van der Waals surface area contributed by atoms with Crippen LogP contribution in [0, 0.1) is 13.8 Å². The number of rotatable bonds is 4. The lowest BCUT2D eigenvalue weighted by atomic mass is 10.1. The van der Waals surface area contributed by atoms with Crippen molar-refractivity contribution in [2.75, 3.05) is 30.3 Å². The molecule has 1 aliphatic heterocycles. The highest BCUT2D eigenvalue weighted by atomic mass is 32.2. The lowest BCUT2D eigenvalue weighted by Crippen LogP contribution is -2.16. The van der Waals surface area contributed by atoms with E-state index < -0.39 is 10.0 Å². The summed E-state index contributed by atoms with van der Waals surface area (Å²) in [6.07, 6.45) is 0.990. The van der Waals surface area contributed by atoms with Crippen LogP contribution in [0.1, 0.15) is 16.7 Å². The molecule has 0 saturated carbocycles. The topological polar surface area (TPSA) is 58.6 Å². The van der Waals surface area contributed by atoms with E-state index in [-0.39, 0.29) is 4.90 Å². The van der Waals surface area contributed by atoms with Crippen LogP contribution in [0.2, 0.25) is 0 Å².